The highest BCUT2D eigenvalue weighted by Crippen LogP contribution is 2.10. The fourth-order valence-corrected chi connectivity index (χ4v) is 2.05. The number of hydrogen-bond donors (Lipinski definition) is 1. The molecule has 4 heteroatoms. The molecule has 94 valence electrons. The molecule has 1 saturated heterocycles. The first-order chi connectivity index (χ1) is 7.75. The maximum Gasteiger partial charge on any atom is 0.323 e. The van der Waals surface area contributed by atoms with Crippen LogP contribution in [-0.4, -0.2) is 48.3 Å². The zero-order valence-corrected chi connectivity index (χ0v) is 10.2. The molecule has 1 aliphatic rings. The highest BCUT2D eigenvalue weighted by Gasteiger charge is 2.28. The average Bonchev–Trinajstić information content (AvgIpc) is 2.29. The molecule has 1 rings (SSSR count). The monoisotopic (exact) mass is 229 g/mol. The lowest BCUT2D eigenvalue weighted by Gasteiger charge is -2.32. The van der Waals surface area contributed by atoms with Crippen LogP contribution in [0.25, 0.3) is 0 Å². The summed E-state index contributed by atoms with van der Waals surface area (Å²) in [5.41, 5.74) is 0. The van der Waals surface area contributed by atoms with Gasteiger partial charge in [-0.05, 0) is 13.0 Å². The van der Waals surface area contributed by atoms with Crippen LogP contribution < -0.4 is 0 Å². The van der Waals surface area contributed by atoms with E-state index in [-0.39, 0.29) is 0 Å². The Morgan fingerprint density at radius 2 is 2.12 bits per heavy atom. The van der Waals surface area contributed by atoms with E-state index in [0.717, 1.165) is 19.5 Å². The Kier molecular flexibility index (Phi) is 6.42. The van der Waals surface area contributed by atoms with E-state index in [1.165, 1.54) is 25.7 Å². The van der Waals surface area contributed by atoms with Gasteiger partial charge in [0.25, 0.3) is 0 Å². The summed E-state index contributed by atoms with van der Waals surface area (Å²) in [6, 6.07) is -0.431. The van der Waals surface area contributed by atoms with Crippen molar-refractivity contribution >= 4 is 5.97 Å². The molecule has 4 nitrogen and oxygen atoms in total. The van der Waals surface area contributed by atoms with E-state index in [1.807, 2.05) is 4.90 Å². The highest BCUT2D eigenvalue weighted by atomic mass is 16.5. The van der Waals surface area contributed by atoms with Gasteiger partial charge in [-0.25, -0.2) is 0 Å². The van der Waals surface area contributed by atoms with Crippen molar-refractivity contribution in [3.63, 3.8) is 0 Å². The van der Waals surface area contributed by atoms with Gasteiger partial charge in [0.05, 0.1) is 13.2 Å². The van der Waals surface area contributed by atoms with Crippen molar-refractivity contribution in [1.82, 2.24) is 4.90 Å². The predicted octanol–water partition coefficient (Wildman–Crippen LogP) is 1.74. The van der Waals surface area contributed by atoms with E-state index in [0.29, 0.717) is 13.2 Å². The molecule has 0 aromatic carbocycles. The number of carbonyl (C=O) groups is 1. The van der Waals surface area contributed by atoms with Crippen LogP contribution >= 0.6 is 0 Å². The van der Waals surface area contributed by atoms with Gasteiger partial charge in [-0.3, -0.25) is 9.69 Å². The maximum atomic E-state index is 11.0. The standard InChI is InChI=1S/C12H23NO3/c1-2-3-4-5-6-7-13-8-9-16-10-11(13)12(14)15/h11H,2-10H2,1H3,(H,14,15). The summed E-state index contributed by atoms with van der Waals surface area (Å²) in [7, 11) is 0. The second-order valence-corrected chi connectivity index (χ2v) is 4.38. The van der Waals surface area contributed by atoms with Gasteiger partial charge in [-0.15, -0.1) is 0 Å². The van der Waals surface area contributed by atoms with Crippen LogP contribution in [0.5, 0.6) is 0 Å². The van der Waals surface area contributed by atoms with E-state index in [1.54, 1.807) is 0 Å². The molecule has 0 radical (unpaired) electrons. The Balaban J connectivity index is 2.19. The van der Waals surface area contributed by atoms with Gasteiger partial charge in [0, 0.05) is 6.54 Å². The van der Waals surface area contributed by atoms with Crippen LogP contribution in [-0.2, 0) is 9.53 Å². The third kappa shape index (κ3) is 4.49. The molecule has 1 heterocycles. The number of carboxylic acid groups (broad SMARTS) is 1. The third-order valence-electron chi connectivity index (χ3n) is 3.07. The molecule has 1 atom stereocenters. The molecular formula is C12H23NO3. The van der Waals surface area contributed by atoms with E-state index >= 15 is 0 Å². The lowest BCUT2D eigenvalue weighted by Crippen LogP contribution is -2.50. The van der Waals surface area contributed by atoms with E-state index in [4.69, 9.17) is 9.84 Å². The van der Waals surface area contributed by atoms with E-state index in [9.17, 15) is 4.79 Å². The van der Waals surface area contributed by atoms with Crippen molar-refractivity contribution in [1.29, 1.82) is 0 Å². The quantitative estimate of drug-likeness (QED) is 0.676. The minimum atomic E-state index is -0.756. The van der Waals surface area contributed by atoms with Gasteiger partial charge in [-0.1, -0.05) is 32.6 Å². The summed E-state index contributed by atoms with van der Waals surface area (Å²) in [5.74, 6) is -0.756. The summed E-state index contributed by atoms with van der Waals surface area (Å²) in [6.07, 6.45) is 6.10. The summed E-state index contributed by atoms with van der Waals surface area (Å²) in [6.45, 7) is 4.85. The van der Waals surface area contributed by atoms with Gasteiger partial charge in [0.15, 0.2) is 0 Å². The second kappa shape index (κ2) is 7.63. The molecule has 0 aromatic heterocycles. The Morgan fingerprint density at radius 3 is 2.81 bits per heavy atom. The molecule has 1 fully saturated rings. The normalized spacial score (nSPS) is 22.2. The zero-order chi connectivity index (χ0) is 11.8. The molecule has 1 unspecified atom stereocenters. The van der Waals surface area contributed by atoms with Crippen LogP contribution in [0.2, 0.25) is 0 Å². The lowest BCUT2D eigenvalue weighted by molar-refractivity contribution is -0.149. The average molecular weight is 229 g/mol. The number of nitrogens with zero attached hydrogens (tertiary/aromatic N) is 1. The van der Waals surface area contributed by atoms with Gasteiger partial charge >= 0.3 is 5.97 Å². The number of carboxylic acids is 1. The Hall–Kier alpha value is -0.610. The SMILES string of the molecule is CCCCCCCN1CCOCC1C(=O)O. The van der Waals surface area contributed by atoms with Crippen LogP contribution in [0.4, 0.5) is 0 Å². The second-order valence-electron chi connectivity index (χ2n) is 4.38. The predicted molar refractivity (Wildman–Crippen MR) is 62.6 cm³/mol. The first-order valence-electron chi connectivity index (χ1n) is 6.30. The molecule has 0 bridgehead atoms. The van der Waals surface area contributed by atoms with Gasteiger partial charge in [0.1, 0.15) is 6.04 Å². The van der Waals surface area contributed by atoms with Gasteiger partial charge in [-0.2, -0.15) is 0 Å². The Bertz CT molecular complexity index is 208. The number of ether oxygens (including phenoxy) is 1. The summed E-state index contributed by atoms with van der Waals surface area (Å²) < 4.78 is 5.20. The summed E-state index contributed by atoms with van der Waals surface area (Å²) in [5, 5.41) is 9.03. The molecule has 0 amide bonds. The van der Waals surface area contributed by atoms with Crippen LogP contribution in [0.3, 0.4) is 0 Å². The molecule has 1 aliphatic heterocycles. The topological polar surface area (TPSA) is 49.8 Å². The molecule has 1 N–H and O–H groups in total. The number of rotatable bonds is 7. The summed E-state index contributed by atoms with van der Waals surface area (Å²) >= 11 is 0. The Labute approximate surface area is 97.6 Å². The number of unbranched alkanes of at least 4 members (excludes halogenated alkanes) is 4. The first-order valence-corrected chi connectivity index (χ1v) is 6.30. The summed E-state index contributed by atoms with van der Waals surface area (Å²) in [4.78, 5) is 13.0. The molecule has 16 heavy (non-hydrogen) atoms. The van der Waals surface area contributed by atoms with Gasteiger partial charge < -0.3 is 9.84 Å². The third-order valence-corrected chi connectivity index (χ3v) is 3.07. The first kappa shape index (κ1) is 13.5. The van der Waals surface area contributed by atoms with Crippen LogP contribution in [0.15, 0.2) is 0 Å². The van der Waals surface area contributed by atoms with Gasteiger partial charge in [0.2, 0.25) is 0 Å². The molecule has 0 aromatic rings. The van der Waals surface area contributed by atoms with Crippen molar-refractivity contribution in [3.05, 3.63) is 0 Å². The van der Waals surface area contributed by atoms with Crippen LogP contribution in [0, 0.1) is 0 Å². The minimum absolute atomic E-state index is 0.338. The van der Waals surface area contributed by atoms with E-state index < -0.39 is 12.0 Å². The number of morpholine rings is 1. The highest BCUT2D eigenvalue weighted by molar-refractivity contribution is 5.73. The number of aliphatic carboxylic acids is 1. The van der Waals surface area contributed by atoms with E-state index in [2.05, 4.69) is 6.92 Å². The maximum absolute atomic E-state index is 11.0. The molecule has 0 saturated carbocycles. The lowest BCUT2D eigenvalue weighted by atomic mass is 10.1. The molecule has 0 aliphatic carbocycles. The fraction of sp³-hybridized carbons (Fsp3) is 0.917. The number of hydrogen-bond acceptors (Lipinski definition) is 3. The Morgan fingerprint density at radius 1 is 1.38 bits per heavy atom. The largest absolute Gasteiger partial charge is 0.480 e. The fourth-order valence-electron chi connectivity index (χ4n) is 2.05. The van der Waals surface area contributed by atoms with Crippen molar-refractivity contribution in [3.8, 4) is 0 Å². The smallest absolute Gasteiger partial charge is 0.323 e. The van der Waals surface area contributed by atoms with Crippen molar-refractivity contribution in [2.75, 3.05) is 26.3 Å². The minimum Gasteiger partial charge on any atom is -0.480 e. The van der Waals surface area contributed by atoms with Crippen molar-refractivity contribution in [2.45, 2.75) is 45.1 Å². The molecular weight excluding hydrogens is 206 g/mol. The van der Waals surface area contributed by atoms with Crippen molar-refractivity contribution < 1.29 is 14.6 Å². The van der Waals surface area contributed by atoms with Crippen molar-refractivity contribution in [2.24, 2.45) is 0 Å². The molecule has 0 spiro atoms. The zero-order valence-electron chi connectivity index (χ0n) is 10.2. The van der Waals surface area contributed by atoms with Crippen LogP contribution in [0.1, 0.15) is 39.0 Å².